The van der Waals surface area contributed by atoms with E-state index < -0.39 is 13.1 Å². The van der Waals surface area contributed by atoms with Gasteiger partial charge in [0.2, 0.25) is 0 Å². The van der Waals surface area contributed by atoms with E-state index in [4.69, 9.17) is 12.6 Å². The van der Waals surface area contributed by atoms with Gasteiger partial charge in [0.15, 0.2) is 0 Å². The number of hydrogen-bond donors (Lipinski definition) is 1. The fourth-order valence-corrected chi connectivity index (χ4v) is 0.268. The van der Waals surface area contributed by atoms with Crippen LogP contribution in [0.25, 0.3) is 0 Å². The Hall–Kier alpha value is -0.990. The van der Waals surface area contributed by atoms with Crippen LogP contribution in [-0.2, 0) is 6.98 Å². The molecule has 0 spiro atoms. The number of nitrogen functional groups attached to an aromatic ring is 1. The van der Waals surface area contributed by atoms with E-state index in [-0.39, 0.29) is 11.9 Å². The molecule has 0 amide bonds. The second kappa shape index (κ2) is 1.26. The van der Waals surface area contributed by atoms with Crippen molar-refractivity contribution >= 4 is 5.69 Å². The zero-order chi connectivity index (χ0) is 9.52. The Kier molecular flexibility index (Phi) is 0.223. The fourth-order valence-electron chi connectivity index (χ4n) is 0.268. The Morgan fingerprint density at radius 2 is 3.14 bits per heavy atom. The quantitative estimate of drug-likeness (QED) is 0.501. The number of aromatic nitrogens is 2. The lowest BCUT2D eigenvalue weighted by molar-refractivity contribution is 0.768. The molecular formula is C4H7N3. The molecule has 0 fully saturated rings. The summed E-state index contributed by atoms with van der Waals surface area (Å²) in [5, 5.41) is 3.29. The van der Waals surface area contributed by atoms with E-state index in [0.717, 1.165) is 0 Å². The van der Waals surface area contributed by atoms with Crippen molar-refractivity contribution in [3.8, 4) is 0 Å². The summed E-state index contributed by atoms with van der Waals surface area (Å²) in [4.78, 5) is 0. The molecule has 0 saturated carbocycles. The van der Waals surface area contributed by atoms with Gasteiger partial charge in [-0.3, -0.25) is 4.68 Å². The summed E-state index contributed by atoms with van der Waals surface area (Å²) in [6.07, 6.45) is -0.823. The molecule has 0 aliphatic heterocycles. The van der Waals surface area contributed by atoms with E-state index in [9.17, 15) is 0 Å². The van der Waals surface area contributed by atoms with Gasteiger partial charge in [-0.15, -0.1) is 0 Å². The minimum atomic E-state index is -2.54. The first-order valence-corrected chi connectivity index (χ1v) is 1.66. The largest absolute Gasteiger partial charge is 0.396 e. The Labute approximate surface area is 48.8 Å². The number of nitrogens with two attached hydrogens (primary N) is 1. The highest BCUT2D eigenvalue weighted by Gasteiger charge is 1.82. The lowest BCUT2D eigenvalue weighted by atomic mass is 10.6. The predicted molar refractivity (Wildman–Crippen MR) is 27.6 cm³/mol. The summed E-state index contributed by atoms with van der Waals surface area (Å²) in [6.45, 7) is -2.54. The summed E-state index contributed by atoms with van der Waals surface area (Å²) in [5.41, 5.74) is 4.97. The Morgan fingerprint density at radius 3 is 3.43 bits per heavy atom. The number of hydrogen-bond acceptors (Lipinski definition) is 2. The van der Waals surface area contributed by atoms with Gasteiger partial charge in [-0.2, -0.15) is 5.10 Å². The van der Waals surface area contributed by atoms with Crippen LogP contribution < -0.4 is 5.73 Å². The van der Waals surface area contributed by atoms with Gasteiger partial charge in [0, 0.05) is 17.3 Å². The molecule has 1 aromatic heterocycles. The molecule has 3 nitrogen and oxygen atoms in total. The molecule has 0 radical (unpaired) electrons. The molecule has 1 aromatic rings. The summed E-state index contributed by atoms with van der Waals surface area (Å²) >= 11 is 0. The summed E-state index contributed by atoms with van der Waals surface area (Å²) in [6, 6.07) is 0. The zero-order valence-corrected chi connectivity index (χ0v) is 3.47. The normalized spacial score (nSPS) is 21.4. The van der Waals surface area contributed by atoms with Gasteiger partial charge < -0.3 is 5.73 Å². The average Bonchev–Trinajstić information content (AvgIpc) is 2.15. The van der Waals surface area contributed by atoms with E-state index in [0.29, 0.717) is 4.68 Å². The highest BCUT2D eigenvalue weighted by molar-refractivity contribution is 5.30. The first-order valence-electron chi connectivity index (χ1n) is 4.16. The SMILES string of the molecule is [2H]c1nn(C([2H])([2H])[2H])c([2H])c1N. The van der Waals surface area contributed by atoms with Gasteiger partial charge in [-0.05, 0) is 0 Å². The van der Waals surface area contributed by atoms with Crippen LogP contribution in [0, 0.1) is 0 Å². The van der Waals surface area contributed by atoms with Gasteiger partial charge >= 0.3 is 0 Å². The van der Waals surface area contributed by atoms with E-state index >= 15 is 0 Å². The molecule has 0 aliphatic carbocycles. The Bertz CT molecular complexity index is 300. The smallest absolute Gasteiger partial charge is 0.0882 e. The van der Waals surface area contributed by atoms with Crippen molar-refractivity contribution in [3.05, 3.63) is 12.3 Å². The van der Waals surface area contributed by atoms with Crippen molar-refractivity contribution in [2.24, 2.45) is 6.98 Å². The Morgan fingerprint density at radius 1 is 2.29 bits per heavy atom. The fraction of sp³-hybridized carbons (Fsp3) is 0.250. The van der Waals surface area contributed by atoms with Crippen molar-refractivity contribution in [1.29, 1.82) is 0 Å². The molecule has 2 N–H and O–H groups in total. The summed E-state index contributed by atoms with van der Waals surface area (Å²) in [7, 11) is 0. The number of nitrogens with zero attached hydrogens (tertiary/aromatic N) is 2. The van der Waals surface area contributed by atoms with E-state index in [2.05, 4.69) is 5.10 Å². The minimum Gasteiger partial charge on any atom is -0.396 e. The molecular weight excluding hydrogens is 90.1 g/mol. The number of anilines is 1. The van der Waals surface area contributed by atoms with E-state index in [1.807, 2.05) is 0 Å². The maximum atomic E-state index is 7.17. The molecule has 0 aliphatic rings. The molecule has 1 rings (SSSR count). The molecule has 0 atom stereocenters. The summed E-state index contributed by atoms with van der Waals surface area (Å²) < 4.78 is 35.3. The lowest BCUT2D eigenvalue weighted by Crippen LogP contribution is -1.84. The second-order valence-electron chi connectivity index (χ2n) is 1.05. The van der Waals surface area contributed by atoms with Crippen molar-refractivity contribution in [2.45, 2.75) is 0 Å². The van der Waals surface area contributed by atoms with E-state index in [1.165, 1.54) is 0 Å². The average molecular weight is 102 g/mol. The van der Waals surface area contributed by atoms with Gasteiger partial charge in [0.1, 0.15) is 0 Å². The van der Waals surface area contributed by atoms with Crippen molar-refractivity contribution in [3.63, 3.8) is 0 Å². The minimum absolute atomic E-state index is 0.217. The number of rotatable bonds is 0. The van der Waals surface area contributed by atoms with Crippen LogP contribution >= 0.6 is 0 Å². The molecule has 0 aromatic carbocycles. The van der Waals surface area contributed by atoms with Crippen molar-refractivity contribution in [1.82, 2.24) is 9.78 Å². The van der Waals surface area contributed by atoms with Crippen molar-refractivity contribution in [2.75, 3.05) is 5.73 Å². The van der Waals surface area contributed by atoms with Gasteiger partial charge in [-0.25, -0.2) is 0 Å². The number of aryl methyl sites for hydroxylation is 1. The van der Waals surface area contributed by atoms with E-state index in [1.54, 1.807) is 0 Å². The zero-order valence-electron chi connectivity index (χ0n) is 8.47. The molecule has 0 unspecified atom stereocenters. The molecule has 0 saturated heterocycles. The van der Waals surface area contributed by atoms with Gasteiger partial charge in [0.25, 0.3) is 0 Å². The maximum Gasteiger partial charge on any atom is 0.0882 e. The van der Waals surface area contributed by atoms with Crippen LogP contribution in [0.5, 0.6) is 0 Å². The van der Waals surface area contributed by atoms with Crippen LogP contribution in [-0.4, -0.2) is 9.78 Å². The standard InChI is InChI=1S/C4H7N3/c1-7-3-4(5)2-6-7/h2-3H,5H2,1H3/i1D3,2D,3D. The first-order chi connectivity index (χ1) is 5.34. The van der Waals surface area contributed by atoms with Gasteiger partial charge in [-0.1, -0.05) is 0 Å². The predicted octanol–water partition coefficient (Wildman–Crippen LogP) is 0.00230. The molecule has 3 heteroatoms. The third-order valence-corrected chi connectivity index (χ3v) is 0.497. The molecule has 0 bridgehead atoms. The van der Waals surface area contributed by atoms with Crippen LogP contribution in [0.2, 0.25) is 0 Å². The topological polar surface area (TPSA) is 43.8 Å². The van der Waals surface area contributed by atoms with Crippen LogP contribution in [0.15, 0.2) is 12.3 Å². The monoisotopic (exact) mass is 102 g/mol. The second-order valence-corrected chi connectivity index (χ2v) is 1.05. The maximum absolute atomic E-state index is 7.17. The van der Waals surface area contributed by atoms with Crippen LogP contribution in [0.3, 0.4) is 0 Å². The highest BCUT2D eigenvalue weighted by Crippen LogP contribution is 1.92. The van der Waals surface area contributed by atoms with Crippen LogP contribution in [0.1, 0.15) is 6.85 Å². The molecule has 38 valence electrons. The third-order valence-electron chi connectivity index (χ3n) is 0.497. The first kappa shape index (κ1) is 1.24. The van der Waals surface area contributed by atoms with Gasteiger partial charge in [0.05, 0.1) is 14.6 Å². The Balaban J connectivity index is 3.28. The van der Waals surface area contributed by atoms with Crippen molar-refractivity contribution < 1.29 is 6.85 Å². The molecule has 1 heterocycles. The van der Waals surface area contributed by atoms with Crippen LogP contribution in [0.4, 0.5) is 5.69 Å². The third kappa shape index (κ3) is 0.707. The summed E-state index contributed by atoms with van der Waals surface area (Å²) in [5.74, 6) is 0. The highest BCUT2D eigenvalue weighted by atomic mass is 15.2. The lowest BCUT2D eigenvalue weighted by Gasteiger charge is -1.78. The molecule has 7 heavy (non-hydrogen) atoms.